The van der Waals surface area contributed by atoms with E-state index < -0.39 is 0 Å². The van der Waals surface area contributed by atoms with Crippen molar-refractivity contribution < 1.29 is 0 Å². The Kier molecular flexibility index (Phi) is 5.20. The number of aryl methyl sites for hydroxylation is 2. The van der Waals surface area contributed by atoms with Gasteiger partial charge in [0.1, 0.15) is 0 Å². The van der Waals surface area contributed by atoms with E-state index in [4.69, 9.17) is 0 Å². The first kappa shape index (κ1) is 15.6. The van der Waals surface area contributed by atoms with Gasteiger partial charge in [0.05, 0.1) is 0 Å². The molecule has 1 saturated heterocycles. The van der Waals surface area contributed by atoms with Gasteiger partial charge in [-0.25, -0.2) is 0 Å². The Morgan fingerprint density at radius 1 is 0.909 bits per heavy atom. The summed E-state index contributed by atoms with van der Waals surface area (Å²) in [7, 11) is 0. The van der Waals surface area contributed by atoms with Gasteiger partial charge in [0.15, 0.2) is 0 Å². The number of likely N-dealkylation sites (tertiary alicyclic amines) is 1. The van der Waals surface area contributed by atoms with Crippen molar-refractivity contribution in [3.8, 4) is 0 Å². The van der Waals surface area contributed by atoms with Crippen molar-refractivity contribution in [1.29, 1.82) is 0 Å². The predicted molar refractivity (Wildman–Crippen MR) is 95.6 cm³/mol. The fourth-order valence-corrected chi connectivity index (χ4v) is 4.09. The van der Waals surface area contributed by atoms with Crippen LogP contribution in [0, 0.1) is 0 Å². The minimum atomic E-state index is 1.14. The molecule has 0 radical (unpaired) electrons. The first-order valence-electron chi connectivity index (χ1n) is 9.16. The average Bonchev–Trinajstić information content (AvgIpc) is 3.17. The van der Waals surface area contributed by atoms with Crippen LogP contribution in [0.1, 0.15) is 50.8 Å². The fourth-order valence-electron chi connectivity index (χ4n) is 4.09. The minimum absolute atomic E-state index is 1.14. The summed E-state index contributed by atoms with van der Waals surface area (Å²) in [6.07, 6.45) is 7.72. The molecule has 0 saturated carbocycles. The zero-order valence-electron chi connectivity index (χ0n) is 14.3. The van der Waals surface area contributed by atoms with E-state index in [9.17, 15) is 0 Å². The van der Waals surface area contributed by atoms with Crippen LogP contribution in [0.15, 0.2) is 24.3 Å². The van der Waals surface area contributed by atoms with Crippen LogP contribution in [-0.4, -0.2) is 29.1 Å². The smallest absolute Gasteiger partial charge is 0.0485 e. The Morgan fingerprint density at radius 2 is 1.64 bits per heavy atom. The summed E-state index contributed by atoms with van der Waals surface area (Å²) in [5, 5.41) is 1.47. The normalized spacial score (nSPS) is 15.9. The molecule has 0 spiro atoms. The molecule has 22 heavy (non-hydrogen) atoms. The van der Waals surface area contributed by atoms with Gasteiger partial charge >= 0.3 is 0 Å². The van der Waals surface area contributed by atoms with E-state index in [1.807, 2.05) is 0 Å². The van der Waals surface area contributed by atoms with E-state index in [1.54, 1.807) is 11.3 Å². The molecular formula is C20H30N2. The van der Waals surface area contributed by atoms with Gasteiger partial charge < -0.3 is 9.47 Å². The van der Waals surface area contributed by atoms with Crippen LogP contribution in [0.3, 0.4) is 0 Å². The van der Waals surface area contributed by atoms with Gasteiger partial charge in [-0.15, -0.1) is 0 Å². The molecule has 2 heteroatoms. The predicted octanol–water partition coefficient (Wildman–Crippen LogP) is 4.64. The van der Waals surface area contributed by atoms with Gasteiger partial charge in [-0.1, -0.05) is 32.0 Å². The van der Waals surface area contributed by atoms with Gasteiger partial charge in [0.2, 0.25) is 0 Å². The second kappa shape index (κ2) is 7.32. The molecule has 1 aliphatic heterocycles. The average molecular weight is 298 g/mol. The van der Waals surface area contributed by atoms with Crippen molar-refractivity contribution in [3.05, 3.63) is 35.5 Å². The summed E-state index contributed by atoms with van der Waals surface area (Å²) >= 11 is 0. The number of rotatable bonds is 7. The van der Waals surface area contributed by atoms with Crippen LogP contribution in [0.4, 0.5) is 0 Å². The molecule has 1 aromatic heterocycles. The lowest BCUT2D eigenvalue weighted by Gasteiger charge is -2.15. The lowest BCUT2D eigenvalue weighted by molar-refractivity contribution is 0.326. The van der Waals surface area contributed by atoms with Gasteiger partial charge in [-0.2, -0.15) is 0 Å². The van der Waals surface area contributed by atoms with E-state index in [-0.39, 0.29) is 0 Å². The SMILES string of the molecule is CCc1c(CC)n(CCCCN2CCCC2)c2ccccc12. The molecule has 0 unspecified atom stereocenters. The van der Waals surface area contributed by atoms with E-state index in [0.717, 1.165) is 12.8 Å². The molecule has 2 aromatic rings. The largest absolute Gasteiger partial charge is 0.344 e. The number of para-hydroxylation sites is 1. The summed E-state index contributed by atoms with van der Waals surface area (Å²) in [6, 6.07) is 8.96. The molecule has 1 aliphatic rings. The second-order valence-corrected chi connectivity index (χ2v) is 6.56. The maximum absolute atomic E-state index is 2.63. The number of unbranched alkanes of at least 4 members (excludes halogenated alkanes) is 1. The minimum Gasteiger partial charge on any atom is -0.344 e. The molecule has 0 bridgehead atoms. The molecule has 120 valence electrons. The number of aromatic nitrogens is 1. The van der Waals surface area contributed by atoms with Crippen molar-refractivity contribution in [2.24, 2.45) is 0 Å². The highest BCUT2D eigenvalue weighted by atomic mass is 15.1. The standard InChI is InChI=1S/C20H30N2/c1-3-17-18-11-5-6-12-20(18)22(19(17)4-2)16-10-9-15-21-13-7-8-14-21/h5-6,11-12H,3-4,7-10,13-16H2,1-2H3. The molecule has 1 fully saturated rings. The van der Waals surface area contributed by atoms with Crippen LogP contribution in [0.5, 0.6) is 0 Å². The van der Waals surface area contributed by atoms with Crippen molar-refractivity contribution in [1.82, 2.24) is 9.47 Å². The van der Waals surface area contributed by atoms with E-state index in [0.29, 0.717) is 0 Å². The van der Waals surface area contributed by atoms with E-state index in [2.05, 4.69) is 47.6 Å². The van der Waals surface area contributed by atoms with Crippen LogP contribution in [-0.2, 0) is 19.4 Å². The molecule has 0 atom stereocenters. The summed E-state index contributed by atoms with van der Waals surface area (Å²) in [5.41, 5.74) is 4.57. The second-order valence-electron chi connectivity index (χ2n) is 6.56. The van der Waals surface area contributed by atoms with Crippen molar-refractivity contribution in [2.75, 3.05) is 19.6 Å². The van der Waals surface area contributed by atoms with Crippen LogP contribution < -0.4 is 0 Å². The van der Waals surface area contributed by atoms with Crippen LogP contribution in [0.2, 0.25) is 0 Å². The highest BCUT2D eigenvalue weighted by Crippen LogP contribution is 2.27. The summed E-state index contributed by atoms with van der Waals surface area (Å²) < 4.78 is 2.60. The summed E-state index contributed by atoms with van der Waals surface area (Å²) in [6.45, 7) is 9.71. The third kappa shape index (κ3) is 3.08. The Bertz CT molecular complexity index is 605. The van der Waals surface area contributed by atoms with Gasteiger partial charge in [-0.3, -0.25) is 0 Å². The number of nitrogens with zero attached hydrogens (tertiary/aromatic N) is 2. The molecule has 2 nitrogen and oxygen atoms in total. The zero-order chi connectivity index (χ0) is 15.4. The first-order chi connectivity index (χ1) is 10.8. The molecule has 1 aromatic carbocycles. The fraction of sp³-hybridized carbons (Fsp3) is 0.600. The Balaban J connectivity index is 1.71. The van der Waals surface area contributed by atoms with E-state index >= 15 is 0 Å². The lowest BCUT2D eigenvalue weighted by Crippen LogP contribution is -2.20. The van der Waals surface area contributed by atoms with Crippen molar-refractivity contribution in [3.63, 3.8) is 0 Å². The van der Waals surface area contributed by atoms with Gasteiger partial charge in [-0.05, 0) is 69.8 Å². The molecule has 0 aliphatic carbocycles. The molecule has 2 heterocycles. The monoisotopic (exact) mass is 298 g/mol. The lowest BCUT2D eigenvalue weighted by atomic mass is 10.1. The molecular weight excluding hydrogens is 268 g/mol. The highest BCUT2D eigenvalue weighted by Gasteiger charge is 2.14. The summed E-state index contributed by atoms with van der Waals surface area (Å²) in [4.78, 5) is 2.63. The third-order valence-electron chi connectivity index (χ3n) is 5.19. The van der Waals surface area contributed by atoms with E-state index in [1.165, 1.54) is 62.8 Å². The Hall–Kier alpha value is -1.28. The number of fused-ring (bicyclic) bond motifs is 1. The quantitative estimate of drug-likeness (QED) is 0.676. The number of hydrogen-bond donors (Lipinski definition) is 0. The van der Waals surface area contributed by atoms with Gasteiger partial charge in [0.25, 0.3) is 0 Å². The highest BCUT2D eigenvalue weighted by molar-refractivity contribution is 5.85. The zero-order valence-corrected chi connectivity index (χ0v) is 14.3. The van der Waals surface area contributed by atoms with Gasteiger partial charge in [0, 0.05) is 23.1 Å². The number of hydrogen-bond acceptors (Lipinski definition) is 1. The number of benzene rings is 1. The maximum Gasteiger partial charge on any atom is 0.0485 e. The third-order valence-corrected chi connectivity index (χ3v) is 5.19. The first-order valence-corrected chi connectivity index (χ1v) is 9.16. The van der Waals surface area contributed by atoms with Crippen LogP contribution in [0.25, 0.3) is 10.9 Å². The Morgan fingerprint density at radius 3 is 2.36 bits per heavy atom. The molecule has 0 N–H and O–H groups in total. The topological polar surface area (TPSA) is 8.17 Å². The van der Waals surface area contributed by atoms with Crippen molar-refractivity contribution >= 4 is 10.9 Å². The van der Waals surface area contributed by atoms with Crippen LogP contribution >= 0.6 is 0 Å². The Labute approximate surface area is 135 Å². The molecule has 0 amide bonds. The maximum atomic E-state index is 2.63. The van der Waals surface area contributed by atoms with Crippen molar-refractivity contribution in [2.45, 2.75) is 58.9 Å². The summed E-state index contributed by atoms with van der Waals surface area (Å²) in [5.74, 6) is 0. The molecule has 3 rings (SSSR count).